The molecule has 4 N–H and O–H groups in total. The minimum absolute atomic E-state index is 0.0686. The molecule has 22 heteroatoms. The van der Waals surface area contributed by atoms with Gasteiger partial charge in [-0.25, -0.2) is 24.9 Å². The monoisotopic (exact) mass is 699 g/mol. The fourth-order valence-electron chi connectivity index (χ4n) is 6.05. The van der Waals surface area contributed by atoms with Gasteiger partial charge in [0.1, 0.15) is 54.4 Å². The number of nitrogens with two attached hydrogens (primary N) is 1. The lowest BCUT2D eigenvalue weighted by molar-refractivity contribution is -0.0600. The standard InChI is InChI=1S/C24H31N9O10P2S/c1-10-16-12(40-23(10)32-8-28-14-19(25)26-7-27-20(14)32)5-38-44(4,35)42-18-17(37-3)13(6-39-45(36,46)43-16)41-24(18)33-9-29-15-21(33)30-11(2)31-22(15)34/h7-10,12-13,16-18,23-24H,5-6H2,1-4H3,(H,36,46)(H2,25,26,27)(H,30,31,34)/t10?,12?,13?,16?,17?,18?,23?,24?,44-,45?/m0/s1. The van der Waals surface area contributed by atoms with E-state index < -0.39 is 68.8 Å². The molecule has 0 amide bonds. The van der Waals surface area contributed by atoms with Crippen LogP contribution in [-0.2, 0) is 48.7 Å². The van der Waals surface area contributed by atoms with Crippen molar-refractivity contribution >= 4 is 54.3 Å². The molecule has 46 heavy (non-hydrogen) atoms. The van der Waals surface area contributed by atoms with E-state index in [1.54, 1.807) is 11.5 Å². The highest BCUT2D eigenvalue weighted by atomic mass is 32.5. The first-order valence-electron chi connectivity index (χ1n) is 14.1. The average Bonchev–Trinajstić information content (AvgIpc) is 3.75. The van der Waals surface area contributed by atoms with E-state index in [4.69, 9.17) is 49.8 Å². The zero-order chi connectivity index (χ0) is 32.5. The Kier molecular flexibility index (Phi) is 8.13. The van der Waals surface area contributed by atoms with Crippen LogP contribution in [0.25, 0.3) is 22.3 Å². The van der Waals surface area contributed by atoms with Gasteiger partial charge in [-0.3, -0.25) is 23.0 Å². The number of hydrogen-bond acceptors (Lipinski definition) is 16. The highest BCUT2D eigenvalue weighted by Crippen LogP contribution is 2.55. The summed E-state index contributed by atoms with van der Waals surface area (Å²) in [5, 5.41) is 0. The Morgan fingerprint density at radius 3 is 2.48 bits per heavy atom. The number of aryl methyl sites for hydroxylation is 1. The normalized spacial score (nSPS) is 37.2. The first kappa shape index (κ1) is 31.8. The lowest BCUT2D eigenvalue weighted by atomic mass is 10.0. The highest BCUT2D eigenvalue weighted by molar-refractivity contribution is 8.07. The second-order valence-electron chi connectivity index (χ2n) is 11.2. The van der Waals surface area contributed by atoms with Crippen LogP contribution < -0.4 is 11.3 Å². The van der Waals surface area contributed by atoms with Crippen molar-refractivity contribution < 1.29 is 41.8 Å². The number of nitrogen functional groups attached to an aromatic ring is 1. The second kappa shape index (κ2) is 11.7. The molecule has 0 saturated carbocycles. The van der Waals surface area contributed by atoms with Crippen molar-refractivity contribution in [2.75, 3.05) is 32.7 Å². The van der Waals surface area contributed by atoms with Crippen molar-refractivity contribution in [3.05, 3.63) is 35.2 Å². The number of ether oxygens (including phenoxy) is 3. The quantitative estimate of drug-likeness (QED) is 0.254. The maximum absolute atomic E-state index is 13.9. The fraction of sp³-hybridized carbons (Fsp3) is 0.583. The molecule has 4 aromatic rings. The van der Waals surface area contributed by atoms with E-state index in [2.05, 4.69) is 29.9 Å². The molecule has 4 aromatic heterocycles. The van der Waals surface area contributed by atoms with Gasteiger partial charge in [-0.05, 0) is 18.7 Å². The molecule has 0 aliphatic carbocycles. The molecule has 3 fully saturated rings. The predicted octanol–water partition coefficient (Wildman–Crippen LogP) is 1.15. The minimum atomic E-state index is -3.95. The van der Waals surface area contributed by atoms with Crippen molar-refractivity contribution in [3.63, 3.8) is 0 Å². The number of nitrogens with zero attached hydrogens (tertiary/aromatic N) is 7. The van der Waals surface area contributed by atoms with Crippen LogP contribution in [0.1, 0.15) is 25.2 Å². The number of anilines is 1. The number of aromatic amines is 1. The molecule has 3 saturated heterocycles. The summed E-state index contributed by atoms with van der Waals surface area (Å²) in [6.07, 6.45) is -2.18. The van der Waals surface area contributed by atoms with Crippen LogP contribution in [-0.4, -0.2) is 101 Å². The number of rotatable bonds is 3. The smallest absolute Gasteiger partial charge is 0.328 e. The third kappa shape index (κ3) is 5.60. The Bertz CT molecular complexity index is 1960. The third-order valence-electron chi connectivity index (χ3n) is 8.14. The Labute approximate surface area is 265 Å². The van der Waals surface area contributed by atoms with E-state index in [0.29, 0.717) is 17.0 Å². The van der Waals surface area contributed by atoms with E-state index in [1.807, 2.05) is 6.92 Å². The molecule has 0 spiro atoms. The summed E-state index contributed by atoms with van der Waals surface area (Å²) >= 11 is 5.43. The van der Waals surface area contributed by atoms with Crippen LogP contribution in [0.15, 0.2) is 23.8 Å². The third-order valence-corrected chi connectivity index (χ3v) is 10.9. The van der Waals surface area contributed by atoms with Gasteiger partial charge >= 0.3 is 14.3 Å². The van der Waals surface area contributed by atoms with E-state index in [1.165, 1.54) is 37.3 Å². The number of H-pyrrole nitrogens is 1. The minimum Gasteiger partial charge on any atom is -0.382 e. The van der Waals surface area contributed by atoms with Gasteiger partial charge in [0.05, 0.1) is 25.9 Å². The van der Waals surface area contributed by atoms with Crippen LogP contribution >= 0.6 is 14.3 Å². The number of imidazole rings is 2. The molecule has 2 bridgehead atoms. The summed E-state index contributed by atoms with van der Waals surface area (Å²) in [6, 6.07) is 0. The molecule has 10 atom stereocenters. The summed E-state index contributed by atoms with van der Waals surface area (Å²) in [4.78, 5) is 47.6. The first-order valence-corrected chi connectivity index (χ1v) is 18.7. The number of methoxy groups -OCH3 is 1. The molecule has 248 valence electrons. The molecular formula is C24H31N9O10P2S. The summed E-state index contributed by atoms with van der Waals surface area (Å²) in [6.45, 7) is 0.256. The van der Waals surface area contributed by atoms with Crippen LogP contribution in [0.4, 0.5) is 5.82 Å². The maximum atomic E-state index is 13.9. The second-order valence-corrected chi connectivity index (χ2v) is 16.0. The summed E-state index contributed by atoms with van der Waals surface area (Å²) in [5.74, 6) is 0.0895. The van der Waals surface area contributed by atoms with Gasteiger partial charge in [-0.15, -0.1) is 0 Å². The summed E-state index contributed by atoms with van der Waals surface area (Å²) in [5.41, 5.74) is 6.62. The van der Waals surface area contributed by atoms with Crippen LogP contribution in [0, 0.1) is 12.8 Å². The molecule has 3 aliphatic heterocycles. The lowest BCUT2D eigenvalue weighted by Gasteiger charge is -2.28. The largest absolute Gasteiger partial charge is 0.382 e. The highest BCUT2D eigenvalue weighted by Gasteiger charge is 2.52. The van der Waals surface area contributed by atoms with Crippen molar-refractivity contribution in [1.82, 2.24) is 39.0 Å². The molecule has 3 aliphatic rings. The van der Waals surface area contributed by atoms with E-state index in [0.717, 1.165) is 0 Å². The van der Waals surface area contributed by atoms with Crippen LogP contribution in [0.3, 0.4) is 0 Å². The number of hydrogen-bond donors (Lipinski definition) is 3. The molecule has 19 nitrogen and oxygen atoms in total. The van der Waals surface area contributed by atoms with Crippen molar-refractivity contribution in [2.24, 2.45) is 5.92 Å². The number of fused-ring (bicyclic) bond motifs is 5. The van der Waals surface area contributed by atoms with Crippen molar-refractivity contribution in [3.8, 4) is 0 Å². The topological polar surface area (TPSA) is 235 Å². The average molecular weight is 700 g/mol. The molecule has 7 heterocycles. The SMILES string of the molecule is COC1C2COP(O)(=S)OC3C(CO[P@](C)(=O)OC1C(n1cnc4c(=O)[nH]c(C)nc41)O2)OC(n1cnc2c(N)ncnc21)C3C. The molecule has 9 unspecified atom stereocenters. The maximum Gasteiger partial charge on any atom is 0.328 e. The summed E-state index contributed by atoms with van der Waals surface area (Å²) < 4.78 is 59.3. The first-order chi connectivity index (χ1) is 21.9. The van der Waals surface area contributed by atoms with Gasteiger partial charge in [0, 0.05) is 19.7 Å². The Balaban J connectivity index is 1.22. The zero-order valence-corrected chi connectivity index (χ0v) is 27.5. The summed E-state index contributed by atoms with van der Waals surface area (Å²) in [7, 11) is -2.47. The Hall–Kier alpha value is -2.74. The molecular weight excluding hydrogens is 668 g/mol. The van der Waals surface area contributed by atoms with Crippen molar-refractivity contribution in [1.29, 1.82) is 0 Å². The van der Waals surface area contributed by atoms with Crippen molar-refractivity contribution in [2.45, 2.75) is 56.8 Å². The van der Waals surface area contributed by atoms with Crippen LogP contribution in [0.2, 0.25) is 0 Å². The molecule has 7 rings (SSSR count). The van der Waals surface area contributed by atoms with Gasteiger partial charge in [-0.1, -0.05) is 6.92 Å². The Morgan fingerprint density at radius 1 is 1.02 bits per heavy atom. The number of nitrogens with one attached hydrogen (secondary N) is 1. The van der Waals surface area contributed by atoms with E-state index >= 15 is 0 Å². The van der Waals surface area contributed by atoms with Crippen LogP contribution in [0.5, 0.6) is 0 Å². The van der Waals surface area contributed by atoms with Gasteiger partial charge < -0.3 is 43.4 Å². The van der Waals surface area contributed by atoms with Gasteiger partial charge in [0.2, 0.25) is 0 Å². The van der Waals surface area contributed by atoms with Gasteiger partial charge in [-0.2, -0.15) is 0 Å². The number of aromatic nitrogens is 8. The Morgan fingerprint density at radius 2 is 1.72 bits per heavy atom. The molecule has 0 radical (unpaired) electrons. The lowest BCUT2D eigenvalue weighted by Crippen LogP contribution is -2.37. The van der Waals surface area contributed by atoms with E-state index in [-0.39, 0.29) is 30.2 Å². The van der Waals surface area contributed by atoms with E-state index in [9.17, 15) is 14.3 Å². The van der Waals surface area contributed by atoms with Gasteiger partial charge in [0.25, 0.3) is 5.56 Å². The zero-order valence-electron chi connectivity index (χ0n) is 24.9. The predicted molar refractivity (Wildman–Crippen MR) is 162 cm³/mol. The van der Waals surface area contributed by atoms with Gasteiger partial charge in [0.15, 0.2) is 28.9 Å². The molecule has 0 aromatic carbocycles. The fourth-order valence-corrected chi connectivity index (χ4v) is 8.71.